The number of methoxy groups -OCH3 is 1. The minimum atomic E-state index is -0.201. The van der Waals surface area contributed by atoms with E-state index < -0.39 is 0 Å². The highest BCUT2D eigenvalue weighted by Crippen LogP contribution is 2.36. The second kappa shape index (κ2) is 5.94. The van der Waals surface area contributed by atoms with Gasteiger partial charge in [-0.3, -0.25) is 4.79 Å². The highest BCUT2D eigenvalue weighted by molar-refractivity contribution is 5.76. The molecule has 2 aliphatic heterocycles. The molecule has 4 nitrogen and oxygen atoms in total. The fourth-order valence-electron chi connectivity index (χ4n) is 3.40. The predicted molar refractivity (Wildman–Crippen MR) is 75.1 cm³/mol. The normalized spacial score (nSPS) is 32.0. The minimum absolute atomic E-state index is 0.152. The topological polar surface area (TPSA) is 47.6 Å². The van der Waals surface area contributed by atoms with E-state index in [9.17, 15) is 4.79 Å². The summed E-state index contributed by atoms with van der Waals surface area (Å²) in [6, 6.07) is 10.4. The molecule has 0 amide bonds. The van der Waals surface area contributed by atoms with Crippen LogP contribution in [0.1, 0.15) is 24.8 Å². The number of nitrogens with one attached hydrogen (secondary N) is 1. The summed E-state index contributed by atoms with van der Waals surface area (Å²) in [6.45, 7) is 0.614. The number of carbonyl (C=O) groups is 1. The third-order valence-electron chi connectivity index (χ3n) is 4.45. The van der Waals surface area contributed by atoms with Crippen LogP contribution in [-0.2, 0) is 20.9 Å². The van der Waals surface area contributed by atoms with Crippen molar-refractivity contribution in [3.05, 3.63) is 35.9 Å². The average molecular weight is 275 g/mol. The lowest BCUT2D eigenvalue weighted by Crippen LogP contribution is -2.61. The van der Waals surface area contributed by atoms with E-state index >= 15 is 0 Å². The quantitative estimate of drug-likeness (QED) is 0.852. The van der Waals surface area contributed by atoms with Crippen LogP contribution >= 0.6 is 0 Å². The number of hydrogen-bond donors (Lipinski definition) is 1. The molecule has 4 rings (SSSR count). The van der Waals surface area contributed by atoms with Gasteiger partial charge in [-0.25, -0.2) is 0 Å². The Morgan fingerprint density at radius 2 is 2.10 bits per heavy atom. The van der Waals surface area contributed by atoms with Gasteiger partial charge in [-0.15, -0.1) is 0 Å². The Labute approximate surface area is 119 Å². The highest BCUT2D eigenvalue weighted by Gasteiger charge is 2.46. The first-order chi connectivity index (χ1) is 9.78. The molecule has 1 aliphatic carbocycles. The van der Waals surface area contributed by atoms with Crippen LogP contribution in [0, 0.1) is 5.92 Å². The van der Waals surface area contributed by atoms with Crippen LogP contribution in [0.2, 0.25) is 0 Å². The van der Waals surface area contributed by atoms with Gasteiger partial charge >= 0.3 is 5.97 Å². The Bertz CT molecular complexity index is 462. The molecule has 1 N–H and O–H groups in total. The molecule has 3 aliphatic rings. The van der Waals surface area contributed by atoms with Crippen molar-refractivity contribution < 1.29 is 14.3 Å². The van der Waals surface area contributed by atoms with Crippen LogP contribution in [-0.4, -0.2) is 31.3 Å². The maximum absolute atomic E-state index is 11.8. The first-order valence-corrected chi connectivity index (χ1v) is 7.27. The van der Waals surface area contributed by atoms with Gasteiger partial charge < -0.3 is 14.8 Å². The van der Waals surface area contributed by atoms with Gasteiger partial charge in [0.15, 0.2) is 0 Å². The molecule has 0 aromatic heterocycles. The van der Waals surface area contributed by atoms with Crippen molar-refractivity contribution >= 4 is 5.97 Å². The van der Waals surface area contributed by atoms with Crippen LogP contribution < -0.4 is 5.32 Å². The van der Waals surface area contributed by atoms with E-state index in [2.05, 4.69) is 17.4 Å². The van der Waals surface area contributed by atoms with Crippen molar-refractivity contribution in [3.63, 3.8) is 0 Å². The maximum Gasteiger partial charge on any atom is 0.323 e. The smallest absolute Gasteiger partial charge is 0.323 e. The van der Waals surface area contributed by atoms with Gasteiger partial charge in [-0.05, 0) is 24.8 Å². The molecule has 2 saturated heterocycles. The van der Waals surface area contributed by atoms with Gasteiger partial charge in [0.2, 0.25) is 0 Å². The van der Waals surface area contributed by atoms with Crippen LogP contribution in [0.5, 0.6) is 0 Å². The Morgan fingerprint density at radius 1 is 1.30 bits per heavy atom. The van der Waals surface area contributed by atoms with Gasteiger partial charge in [-0.1, -0.05) is 30.3 Å². The van der Waals surface area contributed by atoms with E-state index in [1.54, 1.807) is 0 Å². The number of rotatable bonds is 4. The van der Waals surface area contributed by atoms with E-state index in [0.717, 1.165) is 19.3 Å². The third kappa shape index (κ3) is 2.72. The zero-order chi connectivity index (χ0) is 13.9. The number of ether oxygens (including phenoxy) is 2. The first-order valence-electron chi connectivity index (χ1n) is 7.27. The Balaban J connectivity index is 1.63. The lowest BCUT2D eigenvalue weighted by Gasteiger charge is -2.46. The Morgan fingerprint density at radius 3 is 2.80 bits per heavy atom. The molecule has 4 atom stereocenters. The zero-order valence-electron chi connectivity index (χ0n) is 11.7. The molecule has 1 aromatic rings. The van der Waals surface area contributed by atoms with Crippen LogP contribution in [0.4, 0.5) is 0 Å². The summed E-state index contributed by atoms with van der Waals surface area (Å²) in [5.74, 6) is 0.0730. The Hall–Kier alpha value is -1.39. The summed E-state index contributed by atoms with van der Waals surface area (Å²) in [5.41, 5.74) is 1.18. The number of hydrogen-bond acceptors (Lipinski definition) is 4. The second-order valence-corrected chi connectivity index (χ2v) is 5.68. The molecule has 0 spiro atoms. The van der Waals surface area contributed by atoms with E-state index in [1.807, 2.05) is 18.2 Å². The van der Waals surface area contributed by atoms with Gasteiger partial charge in [0, 0.05) is 12.0 Å². The van der Waals surface area contributed by atoms with Crippen LogP contribution in [0.3, 0.4) is 0 Å². The number of esters is 1. The monoisotopic (exact) mass is 275 g/mol. The van der Waals surface area contributed by atoms with E-state index in [-0.39, 0.29) is 24.0 Å². The summed E-state index contributed by atoms with van der Waals surface area (Å²) in [5, 5.41) is 3.38. The molecule has 0 radical (unpaired) electrons. The fraction of sp³-hybridized carbons (Fsp3) is 0.562. The number of carbonyl (C=O) groups excluding carboxylic acids is 1. The van der Waals surface area contributed by atoms with Crippen molar-refractivity contribution in [3.8, 4) is 0 Å². The Kier molecular flexibility index (Phi) is 4.03. The zero-order valence-corrected chi connectivity index (χ0v) is 11.7. The standard InChI is InChI=1S/C16H21NO3/c1-19-16(18)15-13-8-7-12(17-15)9-14(13)20-10-11-5-3-2-4-6-11/h2-6,12-15,17H,7-10H2,1H3/t12-,13+,14?,15-/m0/s1. The fourth-order valence-corrected chi connectivity index (χ4v) is 3.40. The molecular weight excluding hydrogens is 254 g/mol. The van der Waals surface area contributed by atoms with Gasteiger partial charge in [0.1, 0.15) is 6.04 Å². The van der Waals surface area contributed by atoms with Crippen molar-refractivity contribution in [2.45, 2.75) is 44.1 Å². The number of fused-ring (bicyclic) bond motifs is 3. The number of piperidine rings is 2. The largest absolute Gasteiger partial charge is 0.468 e. The summed E-state index contributed by atoms with van der Waals surface area (Å²) >= 11 is 0. The van der Waals surface area contributed by atoms with E-state index in [1.165, 1.54) is 12.7 Å². The summed E-state index contributed by atoms with van der Waals surface area (Å²) in [4.78, 5) is 11.8. The summed E-state index contributed by atoms with van der Waals surface area (Å²) in [7, 11) is 1.45. The second-order valence-electron chi connectivity index (χ2n) is 5.68. The van der Waals surface area contributed by atoms with Crippen molar-refractivity contribution in [1.29, 1.82) is 0 Å². The molecule has 20 heavy (non-hydrogen) atoms. The van der Waals surface area contributed by atoms with Gasteiger partial charge in [-0.2, -0.15) is 0 Å². The SMILES string of the molecule is COC(=O)[C@H]1N[C@H]2CC[C@@H]1C(OCc1ccccc1)C2. The lowest BCUT2D eigenvalue weighted by atomic mass is 9.74. The van der Waals surface area contributed by atoms with Gasteiger partial charge in [0.05, 0.1) is 19.8 Å². The highest BCUT2D eigenvalue weighted by atomic mass is 16.5. The van der Waals surface area contributed by atoms with E-state index in [4.69, 9.17) is 9.47 Å². The van der Waals surface area contributed by atoms with Crippen LogP contribution in [0.15, 0.2) is 30.3 Å². The summed E-state index contributed by atoms with van der Waals surface area (Å²) < 4.78 is 11.0. The summed E-state index contributed by atoms with van der Waals surface area (Å²) in [6.07, 6.45) is 3.31. The van der Waals surface area contributed by atoms with Crippen molar-refractivity contribution in [2.75, 3.05) is 7.11 Å². The predicted octanol–water partition coefficient (Wildman–Crippen LogP) is 1.89. The molecule has 108 valence electrons. The number of benzene rings is 1. The van der Waals surface area contributed by atoms with Crippen molar-refractivity contribution in [2.24, 2.45) is 5.92 Å². The minimum Gasteiger partial charge on any atom is -0.468 e. The maximum atomic E-state index is 11.8. The van der Waals surface area contributed by atoms with Gasteiger partial charge in [0.25, 0.3) is 0 Å². The molecule has 3 fully saturated rings. The molecule has 4 heteroatoms. The lowest BCUT2D eigenvalue weighted by molar-refractivity contribution is -0.153. The molecule has 2 heterocycles. The first kappa shape index (κ1) is 13.6. The molecule has 1 unspecified atom stereocenters. The molecule has 1 saturated carbocycles. The third-order valence-corrected chi connectivity index (χ3v) is 4.45. The van der Waals surface area contributed by atoms with E-state index in [0.29, 0.717) is 12.6 Å². The van der Waals surface area contributed by atoms with Crippen LogP contribution in [0.25, 0.3) is 0 Å². The molecule has 2 bridgehead atoms. The van der Waals surface area contributed by atoms with Crippen molar-refractivity contribution in [1.82, 2.24) is 5.32 Å². The average Bonchev–Trinajstić information content (AvgIpc) is 2.53. The molecule has 1 aromatic carbocycles. The molecular formula is C16H21NO3.